The summed E-state index contributed by atoms with van der Waals surface area (Å²) in [5.41, 5.74) is 1.86. The van der Waals surface area contributed by atoms with Gasteiger partial charge in [0.05, 0.1) is 0 Å². The summed E-state index contributed by atoms with van der Waals surface area (Å²) < 4.78 is 0. The maximum absolute atomic E-state index is 11.8. The van der Waals surface area contributed by atoms with E-state index in [0.717, 1.165) is 11.1 Å². The second-order valence-electron chi connectivity index (χ2n) is 3.60. The van der Waals surface area contributed by atoms with Gasteiger partial charge in [-0.3, -0.25) is 0 Å². The predicted molar refractivity (Wildman–Crippen MR) is 65.3 cm³/mol. The van der Waals surface area contributed by atoms with Crippen LogP contribution in [0, 0.1) is 0 Å². The molecule has 16 heavy (non-hydrogen) atoms. The van der Waals surface area contributed by atoms with Crippen LogP contribution in [0.15, 0.2) is 66.7 Å². The van der Waals surface area contributed by atoms with Crippen LogP contribution in [0.4, 0.5) is 0 Å². The smallest absolute Gasteiger partial charge is 0.136 e. The van der Waals surface area contributed by atoms with E-state index in [1.807, 2.05) is 66.7 Å². The van der Waals surface area contributed by atoms with Gasteiger partial charge in [0.25, 0.3) is 0 Å². The van der Waals surface area contributed by atoms with Gasteiger partial charge >= 0.3 is 0 Å². The van der Waals surface area contributed by atoms with Crippen molar-refractivity contribution in [2.45, 2.75) is 6.10 Å². The van der Waals surface area contributed by atoms with E-state index < -0.39 is 6.10 Å². The summed E-state index contributed by atoms with van der Waals surface area (Å²) in [6.45, 7) is 0. The van der Waals surface area contributed by atoms with E-state index in [9.17, 15) is 5.11 Å². The summed E-state index contributed by atoms with van der Waals surface area (Å²) >= 11 is 0. The molecule has 1 atom stereocenters. The number of hydrogen-bond donors (Lipinski definition) is 0. The van der Waals surface area contributed by atoms with E-state index in [1.165, 1.54) is 0 Å². The topological polar surface area (TPSA) is 19.9 Å². The molecular weight excluding hydrogens is 196 g/mol. The highest BCUT2D eigenvalue weighted by atomic mass is 16.3. The highest BCUT2D eigenvalue weighted by Crippen LogP contribution is 2.15. The normalized spacial score (nSPS) is 12.8. The van der Waals surface area contributed by atoms with Gasteiger partial charge in [-0.2, -0.15) is 0 Å². The highest BCUT2D eigenvalue weighted by Gasteiger charge is 2.02. The van der Waals surface area contributed by atoms with Crippen molar-refractivity contribution in [3.63, 3.8) is 0 Å². The lowest BCUT2D eigenvalue weighted by Crippen LogP contribution is -1.89. The Hall–Kier alpha value is -1.86. The van der Waals surface area contributed by atoms with Crippen molar-refractivity contribution in [2.24, 2.45) is 0 Å². The lowest BCUT2D eigenvalue weighted by molar-refractivity contribution is 0.132. The van der Waals surface area contributed by atoms with E-state index in [4.69, 9.17) is 0 Å². The van der Waals surface area contributed by atoms with Crippen LogP contribution in [0.5, 0.6) is 0 Å². The van der Waals surface area contributed by atoms with Gasteiger partial charge in [0.2, 0.25) is 0 Å². The molecule has 0 bridgehead atoms. The molecule has 0 fully saturated rings. The SMILES string of the molecule is [O]C(C=Cc1ccccc1)c1ccccc1. The molecule has 1 nitrogen and oxygen atoms in total. The average molecular weight is 209 g/mol. The maximum atomic E-state index is 11.8. The molecule has 0 aliphatic rings. The molecule has 1 radical (unpaired) electrons. The fourth-order valence-corrected chi connectivity index (χ4v) is 1.52. The van der Waals surface area contributed by atoms with Gasteiger partial charge < -0.3 is 0 Å². The fraction of sp³-hybridized carbons (Fsp3) is 0.0667. The van der Waals surface area contributed by atoms with Gasteiger partial charge in [-0.25, -0.2) is 5.11 Å². The first-order valence-corrected chi connectivity index (χ1v) is 5.30. The Kier molecular flexibility index (Phi) is 3.52. The second-order valence-corrected chi connectivity index (χ2v) is 3.60. The molecule has 79 valence electrons. The lowest BCUT2D eigenvalue weighted by atomic mass is 10.1. The first-order valence-electron chi connectivity index (χ1n) is 5.30. The summed E-state index contributed by atoms with van der Waals surface area (Å²) in [7, 11) is 0. The molecular formula is C15H13O. The van der Waals surface area contributed by atoms with Crippen LogP contribution in [0.1, 0.15) is 17.2 Å². The Morgan fingerprint density at radius 1 is 0.812 bits per heavy atom. The van der Waals surface area contributed by atoms with Crippen LogP contribution in [-0.2, 0) is 5.11 Å². The molecule has 2 aromatic rings. The average Bonchev–Trinajstić information content (AvgIpc) is 2.38. The van der Waals surface area contributed by atoms with Crippen molar-refractivity contribution in [1.29, 1.82) is 0 Å². The van der Waals surface area contributed by atoms with Crippen LogP contribution < -0.4 is 0 Å². The quantitative estimate of drug-likeness (QED) is 0.731. The first-order chi connectivity index (χ1) is 7.86. The molecule has 0 saturated heterocycles. The maximum Gasteiger partial charge on any atom is 0.136 e. The molecule has 2 rings (SSSR count). The molecule has 0 heterocycles. The Bertz CT molecular complexity index is 445. The second kappa shape index (κ2) is 5.29. The molecule has 0 aromatic heterocycles. The summed E-state index contributed by atoms with van der Waals surface area (Å²) in [4.78, 5) is 0. The summed E-state index contributed by atoms with van der Waals surface area (Å²) in [5, 5.41) is 11.8. The van der Waals surface area contributed by atoms with E-state index in [0.29, 0.717) is 0 Å². The molecule has 1 heteroatoms. The zero-order chi connectivity index (χ0) is 11.2. The van der Waals surface area contributed by atoms with Gasteiger partial charge in [0, 0.05) is 0 Å². The third kappa shape index (κ3) is 2.81. The van der Waals surface area contributed by atoms with Gasteiger partial charge in [0.1, 0.15) is 6.10 Å². The minimum Gasteiger partial charge on any atom is -0.223 e. The largest absolute Gasteiger partial charge is 0.223 e. The third-order valence-corrected chi connectivity index (χ3v) is 2.39. The van der Waals surface area contributed by atoms with Crippen LogP contribution >= 0.6 is 0 Å². The summed E-state index contributed by atoms with van der Waals surface area (Å²) in [6.07, 6.45) is 2.76. The molecule has 0 N–H and O–H groups in total. The molecule has 0 aliphatic carbocycles. The Balaban J connectivity index is 2.08. The molecule has 0 spiro atoms. The van der Waals surface area contributed by atoms with Crippen molar-refractivity contribution >= 4 is 6.08 Å². The van der Waals surface area contributed by atoms with Gasteiger partial charge in [-0.15, -0.1) is 0 Å². The fourth-order valence-electron chi connectivity index (χ4n) is 1.52. The van der Waals surface area contributed by atoms with Crippen molar-refractivity contribution in [3.8, 4) is 0 Å². The molecule has 0 saturated carbocycles. The minimum atomic E-state index is -0.790. The van der Waals surface area contributed by atoms with Crippen molar-refractivity contribution in [1.82, 2.24) is 0 Å². The standard InChI is InChI=1S/C15H13O/c16-15(14-9-5-2-6-10-14)12-11-13-7-3-1-4-8-13/h1-12,15H. The Morgan fingerprint density at radius 3 is 2.00 bits per heavy atom. The minimum absolute atomic E-state index is 0.790. The number of hydrogen-bond acceptors (Lipinski definition) is 0. The van der Waals surface area contributed by atoms with Crippen molar-refractivity contribution < 1.29 is 5.11 Å². The molecule has 0 aliphatic heterocycles. The van der Waals surface area contributed by atoms with Gasteiger partial charge in [-0.05, 0) is 17.2 Å². The predicted octanol–water partition coefficient (Wildman–Crippen LogP) is 3.87. The number of rotatable bonds is 3. The van der Waals surface area contributed by atoms with E-state index in [2.05, 4.69) is 0 Å². The Labute approximate surface area is 95.7 Å². The van der Waals surface area contributed by atoms with Crippen molar-refractivity contribution in [3.05, 3.63) is 77.9 Å². The van der Waals surface area contributed by atoms with E-state index in [1.54, 1.807) is 6.08 Å². The van der Waals surface area contributed by atoms with Crippen LogP contribution in [0.2, 0.25) is 0 Å². The van der Waals surface area contributed by atoms with Crippen LogP contribution in [-0.4, -0.2) is 0 Å². The lowest BCUT2D eigenvalue weighted by Gasteiger charge is -2.02. The molecule has 2 aromatic carbocycles. The van der Waals surface area contributed by atoms with Gasteiger partial charge in [0.15, 0.2) is 0 Å². The molecule has 0 amide bonds. The number of benzene rings is 2. The van der Waals surface area contributed by atoms with Crippen LogP contribution in [0.25, 0.3) is 6.08 Å². The zero-order valence-electron chi connectivity index (χ0n) is 8.91. The van der Waals surface area contributed by atoms with E-state index >= 15 is 0 Å². The Morgan fingerprint density at radius 2 is 1.38 bits per heavy atom. The van der Waals surface area contributed by atoms with Crippen molar-refractivity contribution in [2.75, 3.05) is 0 Å². The third-order valence-electron chi connectivity index (χ3n) is 2.39. The molecule has 1 unspecified atom stereocenters. The first kappa shape index (κ1) is 10.7. The monoisotopic (exact) mass is 209 g/mol. The van der Waals surface area contributed by atoms with E-state index in [-0.39, 0.29) is 0 Å². The highest BCUT2D eigenvalue weighted by molar-refractivity contribution is 5.49. The van der Waals surface area contributed by atoms with Crippen LogP contribution in [0.3, 0.4) is 0 Å². The van der Waals surface area contributed by atoms with Gasteiger partial charge in [-0.1, -0.05) is 66.7 Å². The zero-order valence-corrected chi connectivity index (χ0v) is 8.91. The summed E-state index contributed by atoms with van der Waals surface area (Å²) in [6, 6.07) is 19.2. The summed E-state index contributed by atoms with van der Waals surface area (Å²) in [5.74, 6) is 0.